The van der Waals surface area contributed by atoms with Crippen LogP contribution in [0.2, 0.25) is 0 Å². The predicted octanol–water partition coefficient (Wildman–Crippen LogP) is 4.39. The van der Waals surface area contributed by atoms with Crippen LogP contribution < -0.4 is 4.90 Å². The van der Waals surface area contributed by atoms with Gasteiger partial charge in [0.2, 0.25) is 0 Å². The molecule has 0 spiro atoms. The van der Waals surface area contributed by atoms with E-state index in [0.29, 0.717) is 6.04 Å². The molecule has 4 heterocycles. The van der Waals surface area contributed by atoms with E-state index in [9.17, 15) is 0 Å². The molecule has 1 saturated heterocycles. The monoisotopic (exact) mass is 409 g/mol. The fourth-order valence-corrected chi connectivity index (χ4v) is 5.01. The Balaban J connectivity index is 1.33. The predicted molar refractivity (Wildman–Crippen MR) is 126 cm³/mol. The molecule has 0 N–H and O–H groups in total. The Labute approximate surface area is 183 Å². The van der Waals surface area contributed by atoms with E-state index in [1.54, 1.807) is 0 Å². The van der Waals surface area contributed by atoms with Crippen molar-refractivity contribution in [2.24, 2.45) is 0 Å². The SMILES string of the molecule is CN1CCN(c2ccc(-c3ccc4nc5n(c4c3)C(c3ccccc3)CC5)cn2)CC1. The van der Waals surface area contributed by atoms with Crippen LogP contribution in [0.15, 0.2) is 66.9 Å². The van der Waals surface area contributed by atoms with Crippen molar-refractivity contribution in [3.05, 3.63) is 78.2 Å². The van der Waals surface area contributed by atoms with Crippen LogP contribution in [0.25, 0.3) is 22.2 Å². The Morgan fingerprint density at radius 1 is 0.871 bits per heavy atom. The van der Waals surface area contributed by atoms with Crippen molar-refractivity contribution in [2.45, 2.75) is 18.9 Å². The second-order valence-electron chi connectivity index (χ2n) is 8.76. The Kier molecular flexibility index (Phi) is 4.50. The first-order valence-electron chi connectivity index (χ1n) is 11.2. The zero-order chi connectivity index (χ0) is 20.8. The number of likely N-dealkylation sites (N-methyl/N-ethyl adjacent to an activating group) is 1. The molecule has 0 saturated carbocycles. The molecule has 1 unspecified atom stereocenters. The fourth-order valence-electron chi connectivity index (χ4n) is 5.01. The van der Waals surface area contributed by atoms with Crippen LogP contribution in [0.4, 0.5) is 5.82 Å². The highest BCUT2D eigenvalue weighted by molar-refractivity contribution is 5.83. The van der Waals surface area contributed by atoms with Crippen molar-refractivity contribution in [3.8, 4) is 11.1 Å². The summed E-state index contributed by atoms with van der Waals surface area (Å²) in [5, 5.41) is 0. The van der Waals surface area contributed by atoms with E-state index in [2.05, 4.69) is 82.1 Å². The van der Waals surface area contributed by atoms with Crippen LogP contribution in [-0.2, 0) is 6.42 Å². The normalized spacial score (nSPS) is 19.1. The van der Waals surface area contributed by atoms with Gasteiger partial charge in [-0.15, -0.1) is 0 Å². The number of hydrogen-bond acceptors (Lipinski definition) is 4. The van der Waals surface area contributed by atoms with Gasteiger partial charge >= 0.3 is 0 Å². The Morgan fingerprint density at radius 3 is 2.45 bits per heavy atom. The average Bonchev–Trinajstić information content (AvgIpc) is 3.39. The standard InChI is InChI=1S/C26H27N5/c1-29-13-15-30(16-14-29)25-11-8-21(18-27-25)20-7-9-22-24(17-20)31-23(10-12-26(31)28-22)19-5-3-2-4-6-19/h2-9,11,17-18,23H,10,12-16H2,1H3. The minimum absolute atomic E-state index is 0.370. The molecule has 5 nitrogen and oxygen atoms in total. The molecule has 0 aliphatic carbocycles. The second kappa shape index (κ2) is 7.50. The van der Waals surface area contributed by atoms with Crippen LogP contribution in [0.3, 0.4) is 0 Å². The number of pyridine rings is 1. The number of piperazine rings is 1. The van der Waals surface area contributed by atoms with E-state index in [0.717, 1.165) is 55.9 Å². The second-order valence-corrected chi connectivity index (χ2v) is 8.76. The first-order valence-corrected chi connectivity index (χ1v) is 11.2. The van der Waals surface area contributed by atoms with Crippen molar-refractivity contribution in [2.75, 3.05) is 38.1 Å². The Morgan fingerprint density at radius 2 is 1.68 bits per heavy atom. The molecule has 0 amide bonds. The summed E-state index contributed by atoms with van der Waals surface area (Å²) in [4.78, 5) is 14.5. The maximum atomic E-state index is 4.92. The fraction of sp³-hybridized carbons (Fsp3) is 0.308. The highest BCUT2D eigenvalue weighted by atomic mass is 15.3. The smallest absolute Gasteiger partial charge is 0.128 e. The lowest BCUT2D eigenvalue weighted by Crippen LogP contribution is -2.44. The lowest BCUT2D eigenvalue weighted by Gasteiger charge is -2.33. The van der Waals surface area contributed by atoms with Crippen molar-refractivity contribution in [1.29, 1.82) is 0 Å². The molecule has 0 radical (unpaired) electrons. The molecule has 2 aliphatic heterocycles. The highest BCUT2D eigenvalue weighted by Crippen LogP contribution is 2.36. The summed E-state index contributed by atoms with van der Waals surface area (Å²) in [5.74, 6) is 2.27. The summed E-state index contributed by atoms with van der Waals surface area (Å²) in [7, 11) is 2.18. The summed E-state index contributed by atoms with van der Waals surface area (Å²) >= 11 is 0. The number of aryl methyl sites for hydroxylation is 1. The van der Waals surface area contributed by atoms with E-state index >= 15 is 0 Å². The molecule has 31 heavy (non-hydrogen) atoms. The molecule has 1 fully saturated rings. The van der Waals surface area contributed by atoms with Crippen molar-refractivity contribution >= 4 is 16.9 Å². The first-order chi connectivity index (χ1) is 15.3. The van der Waals surface area contributed by atoms with Gasteiger partial charge < -0.3 is 14.4 Å². The third kappa shape index (κ3) is 3.29. The summed E-state index contributed by atoms with van der Waals surface area (Å²) in [6.07, 6.45) is 4.17. The summed E-state index contributed by atoms with van der Waals surface area (Å²) < 4.78 is 2.44. The van der Waals surface area contributed by atoms with Gasteiger partial charge in [0.25, 0.3) is 0 Å². The van der Waals surface area contributed by atoms with Crippen LogP contribution in [0.1, 0.15) is 23.9 Å². The molecule has 2 aromatic heterocycles. The zero-order valence-corrected chi connectivity index (χ0v) is 17.9. The quantitative estimate of drug-likeness (QED) is 0.503. The first kappa shape index (κ1) is 18.6. The van der Waals surface area contributed by atoms with Gasteiger partial charge in [-0.25, -0.2) is 9.97 Å². The minimum atomic E-state index is 0.370. The van der Waals surface area contributed by atoms with Crippen LogP contribution in [0, 0.1) is 0 Å². The number of fused-ring (bicyclic) bond motifs is 3. The highest BCUT2D eigenvalue weighted by Gasteiger charge is 2.27. The number of hydrogen-bond donors (Lipinski definition) is 0. The van der Waals surface area contributed by atoms with Gasteiger partial charge in [0.1, 0.15) is 11.6 Å². The summed E-state index contributed by atoms with van der Waals surface area (Å²) in [5.41, 5.74) is 6.03. The molecular weight excluding hydrogens is 382 g/mol. The maximum absolute atomic E-state index is 4.92. The molecule has 1 atom stereocenters. The summed E-state index contributed by atoms with van der Waals surface area (Å²) in [6.45, 7) is 4.26. The Hall–Kier alpha value is -3.18. The molecule has 4 aromatic rings. The number of anilines is 1. The maximum Gasteiger partial charge on any atom is 0.128 e. The third-order valence-electron chi connectivity index (χ3n) is 6.81. The van der Waals surface area contributed by atoms with Gasteiger partial charge in [-0.05, 0) is 48.9 Å². The van der Waals surface area contributed by atoms with Gasteiger partial charge in [0.05, 0.1) is 17.1 Å². The molecule has 156 valence electrons. The molecule has 5 heteroatoms. The van der Waals surface area contributed by atoms with Gasteiger partial charge in [-0.3, -0.25) is 0 Å². The van der Waals surface area contributed by atoms with Crippen LogP contribution >= 0.6 is 0 Å². The number of aromatic nitrogens is 3. The lowest BCUT2D eigenvalue weighted by atomic mass is 10.0. The van der Waals surface area contributed by atoms with E-state index in [4.69, 9.17) is 9.97 Å². The van der Waals surface area contributed by atoms with Crippen molar-refractivity contribution in [3.63, 3.8) is 0 Å². The number of benzene rings is 2. The number of imidazole rings is 1. The number of rotatable bonds is 3. The minimum Gasteiger partial charge on any atom is -0.354 e. The van der Waals surface area contributed by atoms with E-state index < -0.39 is 0 Å². The van der Waals surface area contributed by atoms with Gasteiger partial charge in [0, 0.05) is 44.4 Å². The van der Waals surface area contributed by atoms with E-state index in [-0.39, 0.29) is 0 Å². The molecule has 0 bridgehead atoms. The third-order valence-corrected chi connectivity index (χ3v) is 6.81. The molecular formula is C26H27N5. The van der Waals surface area contributed by atoms with Crippen molar-refractivity contribution < 1.29 is 0 Å². The van der Waals surface area contributed by atoms with Crippen LogP contribution in [0.5, 0.6) is 0 Å². The number of nitrogens with zero attached hydrogens (tertiary/aromatic N) is 5. The summed E-state index contributed by atoms with van der Waals surface area (Å²) in [6, 6.07) is 22.2. The van der Waals surface area contributed by atoms with E-state index in [1.165, 1.54) is 22.5 Å². The van der Waals surface area contributed by atoms with Crippen LogP contribution in [-0.4, -0.2) is 52.7 Å². The van der Waals surface area contributed by atoms with Crippen molar-refractivity contribution in [1.82, 2.24) is 19.4 Å². The topological polar surface area (TPSA) is 37.2 Å². The van der Waals surface area contributed by atoms with Gasteiger partial charge in [-0.2, -0.15) is 0 Å². The van der Waals surface area contributed by atoms with Gasteiger partial charge in [-0.1, -0.05) is 36.4 Å². The Bertz CT molecular complexity index is 1200. The van der Waals surface area contributed by atoms with Gasteiger partial charge in [0.15, 0.2) is 0 Å². The largest absolute Gasteiger partial charge is 0.354 e. The lowest BCUT2D eigenvalue weighted by molar-refractivity contribution is 0.312. The molecule has 2 aromatic carbocycles. The molecule has 6 rings (SSSR count). The zero-order valence-electron chi connectivity index (χ0n) is 17.9. The average molecular weight is 410 g/mol. The molecule has 2 aliphatic rings. The van der Waals surface area contributed by atoms with E-state index in [1.807, 2.05) is 6.20 Å².